The lowest BCUT2D eigenvalue weighted by molar-refractivity contribution is 0.577. The van der Waals surface area contributed by atoms with Crippen molar-refractivity contribution in [1.82, 2.24) is 24.9 Å². The lowest BCUT2D eigenvalue weighted by Crippen LogP contribution is -2.27. The number of aromatic amines is 1. The fraction of sp³-hybridized carbons (Fsp3) is 0.222. The lowest BCUT2D eigenvalue weighted by Gasteiger charge is -2.06. The first-order chi connectivity index (χ1) is 8.59. The molecule has 9 heteroatoms. The Bertz CT molecular complexity index is 610. The molecule has 0 aliphatic carbocycles. The summed E-state index contributed by atoms with van der Waals surface area (Å²) in [5.74, 6) is 0.603. The number of hydrogen-bond donors (Lipinski definition) is 3. The van der Waals surface area contributed by atoms with Crippen LogP contribution in [0.15, 0.2) is 29.7 Å². The average Bonchev–Trinajstić information content (AvgIpc) is 2.82. The van der Waals surface area contributed by atoms with Crippen molar-refractivity contribution in [3.63, 3.8) is 0 Å². The van der Waals surface area contributed by atoms with Gasteiger partial charge in [-0.1, -0.05) is 0 Å². The Morgan fingerprint density at radius 2 is 2.22 bits per heavy atom. The van der Waals surface area contributed by atoms with Crippen LogP contribution in [-0.2, 0) is 16.4 Å². The van der Waals surface area contributed by atoms with Crippen molar-refractivity contribution in [2.75, 3.05) is 12.3 Å². The van der Waals surface area contributed by atoms with Crippen LogP contribution in [0.5, 0.6) is 0 Å². The number of H-pyrrole nitrogens is 1. The molecule has 0 spiro atoms. The van der Waals surface area contributed by atoms with Gasteiger partial charge in [0, 0.05) is 19.2 Å². The molecule has 8 nitrogen and oxygen atoms in total. The van der Waals surface area contributed by atoms with E-state index in [0.717, 1.165) is 0 Å². The van der Waals surface area contributed by atoms with Gasteiger partial charge in [-0.15, -0.1) is 0 Å². The fourth-order valence-corrected chi connectivity index (χ4v) is 2.44. The molecule has 0 fully saturated rings. The summed E-state index contributed by atoms with van der Waals surface area (Å²) < 4.78 is 26.2. The normalized spacial score (nSPS) is 11.6. The Balaban J connectivity index is 2.02. The van der Waals surface area contributed by atoms with E-state index >= 15 is 0 Å². The number of anilines is 1. The predicted molar refractivity (Wildman–Crippen MR) is 63.9 cm³/mol. The van der Waals surface area contributed by atoms with Crippen molar-refractivity contribution < 1.29 is 8.42 Å². The van der Waals surface area contributed by atoms with E-state index in [1.807, 2.05) is 0 Å². The van der Waals surface area contributed by atoms with Crippen LogP contribution in [0.3, 0.4) is 0 Å². The van der Waals surface area contributed by atoms with Crippen LogP contribution in [0, 0.1) is 0 Å². The van der Waals surface area contributed by atoms with Gasteiger partial charge in [-0.3, -0.25) is 5.10 Å². The highest BCUT2D eigenvalue weighted by molar-refractivity contribution is 7.89. The zero-order valence-electron chi connectivity index (χ0n) is 9.37. The van der Waals surface area contributed by atoms with Crippen molar-refractivity contribution in [3.8, 4) is 0 Å². The molecular weight excluding hydrogens is 256 g/mol. The summed E-state index contributed by atoms with van der Waals surface area (Å²) in [6.45, 7) is 0.188. The van der Waals surface area contributed by atoms with Gasteiger partial charge < -0.3 is 5.73 Å². The van der Waals surface area contributed by atoms with Crippen molar-refractivity contribution in [3.05, 3.63) is 30.5 Å². The van der Waals surface area contributed by atoms with Gasteiger partial charge in [-0.05, 0) is 12.1 Å². The highest BCUT2D eigenvalue weighted by atomic mass is 32.2. The SMILES string of the molecule is Nc1cccnc1S(=O)(=O)NCCc1ncn[nH]1. The molecule has 2 rings (SSSR count). The highest BCUT2D eigenvalue weighted by Gasteiger charge is 2.18. The lowest BCUT2D eigenvalue weighted by atomic mass is 10.4. The van der Waals surface area contributed by atoms with Crippen LogP contribution in [0.25, 0.3) is 0 Å². The van der Waals surface area contributed by atoms with E-state index in [1.54, 1.807) is 6.07 Å². The zero-order valence-corrected chi connectivity index (χ0v) is 10.2. The number of rotatable bonds is 5. The van der Waals surface area contributed by atoms with E-state index in [2.05, 4.69) is 24.9 Å². The number of nitrogens with zero attached hydrogens (tertiary/aromatic N) is 3. The van der Waals surface area contributed by atoms with E-state index in [1.165, 1.54) is 18.6 Å². The van der Waals surface area contributed by atoms with Gasteiger partial charge in [0.15, 0.2) is 5.03 Å². The Kier molecular flexibility index (Phi) is 3.53. The molecular formula is C9H12N6O2S. The Morgan fingerprint density at radius 1 is 1.39 bits per heavy atom. The third-order valence-corrected chi connectivity index (χ3v) is 3.61. The van der Waals surface area contributed by atoms with E-state index in [4.69, 9.17) is 5.73 Å². The number of hydrogen-bond acceptors (Lipinski definition) is 6. The monoisotopic (exact) mass is 268 g/mol. The van der Waals surface area contributed by atoms with E-state index in [9.17, 15) is 8.42 Å². The van der Waals surface area contributed by atoms with Gasteiger partial charge in [-0.2, -0.15) is 5.10 Å². The summed E-state index contributed by atoms with van der Waals surface area (Å²) in [5.41, 5.74) is 5.68. The minimum absolute atomic E-state index is 0.115. The van der Waals surface area contributed by atoms with Crippen molar-refractivity contribution >= 4 is 15.7 Å². The van der Waals surface area contributed by atoms with Crippen LogP contribution >= 0.6 is 0 Å². The minimum Gasteiger partial charge on any atom is -0.396 e. The van der Waals surface area contributed by atoms with Crippen LogP contribution in [0.1, 0.15) is 5.82 Å². The largest absolute Gasteiger partial charge is 0.396 e. The number of sulfonamides is 1. The minimum atomic E-state index is -3.69. The molecule has 18 heavy (non-hydrogen) atoms. The average molecular weight is 268 g/mol. The Labute approximate surface area is 104 Å². The third kappa shape index (κ3) is 2.81. The van der Waals surface area contributed by atoms with Crippen molar-refractivity contribution in [2.45, 2.75) is 11.4 Å². The van der Waals surface area contributed by atoms with Gasteiger partial charge in [0.2, 0.25) is 0 Å². The molecule has 0 aromatic carbocycles. The number of aromatic nitrogens is 4. The van der Waals surface area contributed by atoms with E-state index in [0.29, 0.717) is 12.2 Å². The molecule has 2 aromatic rings. The Hall–Kier alpha value is -2.00. The number of nitrogens with one attached hydrogen (secondary N) is 2. The molecule has 2 heterocycles. The van der Waals surface area contributed by atoms with Gasteiger partial charge in [0.25, 0.3) is 10.0 Å². The fourth-order valence-electron chi connectivity index (χ4n) is 1.35. The van der Waals surface area contributed by atoms with Gasteiger partial charge in [-0.25, -0.2) is 23.1 Å². The Morgan fingerprint density at radius 3 is 2.89 bits per heavy atom. The third-order valence-electron chi connectivity index (χ3n) is 2.17. The molecule has 0 unspecified atom stereocenters. The van der Waals surface area contributed by atoms with E-state index < -0.39 is 10.0 Å². The molecule has 0 aliphatic rings. The first-order valence-electron chi connectivity index (χ1n) is 5.14. The summed E-state index contributed by atoms with van der Waals surface area (Å²) in [6.07, 6.45) is 3.15. The zero-order chi connectivity index (χ0) is 13.0. The molecule has 2 aromatic heterocycles. The van der Waals surface area contributed by atoms with E-state index in [-0.39, 0.29) is 17.3 Å². The molecule has 96 valence electrons. The van der Waals surface area contributed by atoms with Crippen molar-refractivity contribution in [1.29, 1.82) is 0 Å². The summed E-state index contributed by atoms with van der Waals surface area (Å²) in [7, 11) is -3.69. The summed E-state index contributed by atoms with van der Waals surface area (Å²) in [5, 5.41) is 6.14. The van der Waals surface area contributed by atoms with Crippen LogP contribution in [-0.4, -0.2) is 35.1 Å². The second kappa shape index (κ2) is 5.10. The predicted octanol–water partition coefficient (Wildman–Crippen LogP) is -0.697. The summed E-state index contributed by atoms with van der Waals surface area (Å²) >= 11 is 0. The molecule has 0 saturated carbocycles. The standard InChI is InChI=1S/C9H12N6O2S/c10-7-2-1-4-11-9(7)18(16,17)14-5-3-8-12-6-13-15-8/h1-2,4,6,14H,3,5,10H2,(H,12,13,15). The molecule has 0 atom stereocenters. The van der Waals surface area contributed by atoms with Gasteiger partial charge in [0.05, 0.1) is 5.69 Å². The number of nitrogens with two attached hydrogens (primary N) is 1. The molecule has 0 aliphatic heterocycles. The van der Waals surface area contributed by atoms with Crippen LogP contribution < -0.4 is 10.5 Å². The maximum atomic E-state index is 11.9. The number of pyridine rings is 1. The number of nitrogen functional groups attached to an aromatic ring is 1. The first-order valence-corrected chi connectivity index (χ1v) is 6.62. The van der Waals surface area contributed by atoms with Crippen LogP contribution in [0.4, 0.5) is 5.69 Å². The quantitative estimate of drug-likeness (QED) is 0.658. The highest BCUT2D eigenvalue weighted by Crippen LogP contribution is 2.13. The molecule has 4 N–H and O–H groups in total. The molecule has 0 amide bonds. The summed E-state index contributed by atoms with van der Waals surface area (Å²) in [6, 6.07) is 3.06. The molecule has 0 bridgehead atoms. The molecule has 0 saturated heterocycles. The molecule has 0 radical (unpaired) electrons. The van der Waals surface area contributed by atoms with Gasteiger partial charge >= 0.3 is 0 Å². The first kappa shape index (κ1) is 12.5. The smallest absolute Gasteiger partial charge is 0.260 e. The maximum absolute atomic E-state index is 11.9. The second-order valence-corrected chi connectivity index (χ2v) is 5.16. The summed E-state index contributed by atoms with van der Waals surface area (Å²) in [4.78, 5) is 7.64. The second-order valence-electron chi connectivity index (χ2n) is 3.48. The maximum Gasteiger partial charge on any atom is 0.260 e. The van der Waals surface area contributed by atoms with Gasteiger partial charge in [0.1, 0.15) is 12.2 Å². The topological polar surface area (TPSA) is 127 Å². The van der Waals surface area contributed by atoms with Crippen LogP contribution in [0.2, 0.25) is 0 Å². The van der Waals surface area contributed by atoms with Crippen molar-refractivity contribution in [2.24, 2.45) is 0 Å².